The van der Waals surface area contributed by atoms with Crippen LogP contribution in [0, 0.1) is 0 Å². The van der Waals surface area contributed by atoms with E-state index in [-0.39, 0.29) is 12.3 Å². The Hall–Kier alpha value is -1.70. The Kier molecular flexibility index (Phi) is 3.56. The number of aromatic nitrogens is 2. The molecule has 0 unspecified atom stereocenters. The lowest BCUT2D eigenvalue weighted by Crippen LogP contribution is -2.14. The molecule has 8 heteroatoms. The number of hydrogen-bond acceptors (Lipinski definition) is 6. The predicted octanol–water partition coefficient (Wildman–Crippen LogP) is 3.17. The Labute approximate surface area is 127 Å². The number of thiazole rings is 2. The number of carbonyl (C=O) groups is 1. The lowest BCUT2D eigenvalue weighted by Gasteiger charge is -1.98. The topological polar surface area (TPSA) is 80.9 Å². The summed E-state index contributed by atoms with van der Waals surface area (Å²) >= 11 is 8.62. The minimum absolute atomic E-state index is 0.166. The van der Waals surface area contributed by atoms with E-state index >= 15 is 0 Å². The average Bonchev–Trinajstić information content (AvgIpc) is 2.94. The normalized spacial score (nSPS) is 10.8. The highest BCUT2D eigenvalue weighted by Gasteiger charge is 2.10. The third-order valence-corrected chi connectivity index (χ3v) is 4.40. The lowest BCUT2D eigenvalue weighted by molar-refractivity contribution is -0.115. The van der Waals surface area contributed by atoms with Crippen LogP contribution in [-0.2, 0) is 11.2 Å². The van der Waals surface area contributed by atoms with Crippen molar-refractivity contribution in [2.24, 2.45) is 0 Å². The largest absolute Gasteiger partial charge is 0.375 e. The van der Waals surface area contributed by atoms with Crippen LogP contribution in [0.3, 0.4) is 0 Å². The number of fused-ring (bicyclic) bond motifs is 1. The standard InChI is InChI=1S/C12H9ClN4OS2/c13-6-1-2-8-9(3-6)20-12(16-8)17-10(18)4-7-5-19-11(14)15-7/h1-3,5H,4H2,(H2,14,15)(H,16,17,18). The fraction of sp³-hybridized carbons (Fsp3) is 0.0833. The van der Waals surface area contributed by atoms with E-state index in [0.717, 1.165) is 10.2 Å². The van der Waals surface area contributed by atoms with Crippen molar-refractivity contribution in [3.8, 4) is 0 Å². The van der Waals surface area contributed by atoms with Crippen molar-refractivity contribution < 1.29 is 4.79 Å². The van der Waals surface area contributed by atoms with Gasteiger partial charge in [-0.25, -0.2) is 9.97 Å². The van der Waals surface area contributed by atoms with Crippen molar-refractivity contribution in [1.29, 1.82) is 0 Å². The maximum atomic E-state index is 11.9. The second-order valence-corrected chi connectivity index (χ2v) is 6.39. The summed E-state index contributed by atoms with van der Waals surface area (Å²) in [5.41, 5.74) is 7.00. The van der Waals surface area contributed by atoms with Crippen LogP contribution in [0.15, 0.2) is 23.6 Å². The first kappa shape index (κ1) is 13.3. The van der Waals surface area contributed by atoms with Gasteiger partial charge in [-0.05, 0) is 18.2 Å². The van der Waals surface area contributed by atoms with Gasteiger partial charge in [0.1, 0.15) is 0 Å². The first-order chi connectivity index (χ1) is 9.60. The van der Waals surface area contributed by atoms with Crippen LogP contribution in [0.1, 0.15) is 5.69 Å². The molecule has 0 saturated carbocycles. The number of halogens is 1. The molecule has 0 spiro atoms. The molecule has 1 amide bonds. The monoisotopic (exact) mass is 324 g/mol. The zero-order valence-electron chi connectivity index (χ0n) is 10.1. The second-order valence-electron chi connectivity index (χ2n) is 4.03. The van der Waals surface area contributed by atoms with E-state index in [1.54, 1.807) is 11.4 Å². The molecule has 3 N–H and O–H groups in total. The van der Waals surface area contributed by atoms with Crippen molar-refractivity contribution in [1.82, 2.24) is 9.97 Å². The van der Waals surface area contributed by atoms with Crippen LogP contribution in [0.2, 0.25) is 5.02 Å². The summed E-state index contributed by atoms with van der Waals surface area (Å²) in [6.07, 6.45) is 0.185. The van der Waals surface area contributed by atoms with Gasteiger partial charge in [-0.3, -0.25) is 4.79 Å². The highest BCUT2D eigenvalue weighted by molar-refractivity contribution is 7.22. The molecule has 2 heterocycles. The van der Waals surface area contributed by atoms with E-state index in [2.05, 4.69) is 15.3 Å². The van der Waals surface area contributed by atoms with Crippen LogP contribution in [0.5, 0.6) is 0 Å². The molecule has 102 valence electrons. The number of nitrogens with zero attached hydrogens (tertiary/aromatic N) is 2. The number of hydrogen-bond donors (Lipinski definition) is 2. The molecule has 20 heavy (non-hydrogen) atoms. The maximum Gasteiger partial charge on any atom is 0.232 e. The van der Waals surface area contributed by atoms with E-state index in [9.17, 15) is 4.79 Å². The number of anilines is 2. The summed E-state index contributed by atoms with van der Waals surface area (Å²) in [4.78, 5) is 20.3. The van der Waals surface area contributed by atoms with Gasteiger partial charge in [0.25, 0.3) is 0 Å². The van der Waals surface area contributed by atoms with Crippen molar-refractivity contribution in [3.63, 3.8) is 0 Å². The van der Waals surface area contributed by atoms with Gasteiger partial charge in [-0.1, -0.05) is 22.9 Å². The first-order valence-corrected chi connectivity index (χ1v) is 7.73. The van der Waals surface area contributed by atoms with E-state index in [1.165, 1.54) is 22.7 Å². The lowest BCUT2D eigenvalue weighted by atomic mass is 10.3. The molecule has 0 aliphatic carbocycles. The molecule has 3 aromatic rings. The molecule has 5 nitrogen and oxygen atoms in total. The SMILES string of the molecule is Nc1nc(CC(=O)Nc2nc3ccc(Cl)cc3s2)cs1. The summed E-state index contributed by atoms with van der Waals surface area (Å²) in [7, 11) is 0. The minimum Gasteiger partial charge on any atom is -0.375 e. The summed E-state index contributed by atoms with van der Waals surface area (Å²) in [5, 5.41) is 6.19. The molecule has 0 saturated heterocycles. The molecule has 1 aromatic carbocycles. The van der Waals surface area contributed by atoms with E-state index in [4.69, 9.17) is 17.3 Å². The number of nitrogens with one attached hydrogen (secondary N) is 1. The van der Waals surface area contributed by atoms with Crippen LogP contribution in [-0.4, -0.2) is 15.9 Å². The number of amides is 1. The van der Waals surface area contributed by atoms with Gasteiger partial charge < -0.3 is 11.1 Å². The van der Waals surface area contributed by atoms with Crippen molar-refractivity contribution in [3.05, 3.63) is 34.3 Å². The second kappa shape index (κ2) is 5.35. The number of carbonyl (C=O) groups excluding carboxylic acids is 1. The number of benzene rings is 1. The van der Waals surface area contributed by atoms with Crippen LogP contribution in [0.25, 0.3) is 10.2 Å². The van der Waals surface area contributed by atoms with Gasteiger partial charge in [0, 0.05) is 10.4 Å². The van der Waals surface area contributed by atoms with Gasteiger partial charge in [0.15, 0.2) is 10.3 Å². The van der Waals surface area contributed by atoms with Crippen molar-refractivity contribution >= 4 is 60.7 Å². The smallest absolute Gasteiger partial charge is 0.232 e. The summed E-state index contributed by atoms with van der Waals surface area (Å²) < 4.78 is 0.936. The number of rotatable bonds is 3. The van der Waals surface area contributed by atoms with Gasteiger partial charge in [0.05, 0.1) is 22.3 Å². The van der Waals surface area contributed by atoms with Gasteiger partial charge >= 0.3 is 0 Å². The Balaban J connectivity index is 1.73. The van der Waals surface area contributed by atoms with E-state index in [1.807, 2.05) is 12.1 Å². The highest BCUT2D eigenvalue weighted by Crippen LogP contribution is 2.28. The van der Waals surface area contributed by atoms with E-state index < -0.39 is 0 Å². The minimum atomic E-state index is -0.166. The Morgan fingerprint density at radius 3 is 3.00 bits per heavy atom. The zero-order chi connectivity index (χ0) is 14.1. The van der Waals surface area contributed by atoms with Gasteiger partial charge in [0.2, 0.25) is 5.91 Å². The quantitative estimate of drug-likeness (QED) is 0.775. The summed E-state index contributed by atoms with van der Waals surface area (Å²) in [6, 6.07) is 5.42. The Morgan fingerprint density at radius 1 is 1.40 bits per heavy atom. The summed E-state index contributed by atoms with van der Waals surface area (Å²) in [6.45, 7) is 0. The molecule has 0 atom stereocenters. The maximum absolute atomic E-state index is 11.9. The number of nitrogens with two attached hydrogens (primary N) is 1. The fourth-order valence-electron chi connectivity index (χ4n) is 1.68. The highest BCUT2D eigenvalue weighted by atomic mass is 35.5. The van der Waals surface area contributed by atoms with E-state index in [0.29, 0.717) is 21.0 Å². The van der Waals surface area contributed by atoms with Crippen LogP contribution in [0.4, 0.5) is 10.3 Å². The molecule has 3 rings (SSSR count). The molecule has 2 aromatic heterocycles. The molecular formula is C12H9ClN4OS2. The van der Waals surface area contributed by atoms with Crippen LogP contribution >= 0.6 is 34.3 Å². The third-order valence-electron chi connectivity index (χ3n) is 2.51. The van der Waals surface area contributed by atoms with Crippen molar-refractivity contribution in [2.75, 3.05) is 11.1 Å². The third kappa shape index (κ3) is 2.90. The van der Waals surface area contributed by atoms with Crippen LogP contribution < -0.4 is 11.1 Å². The Morgan fingerprint density at radius 2 is 2.25 bits per heavy atom. The first-order valence-electron chi connectivity index (χ1n) is 5.66. The zero-order valence-corrected chi connectivity index (χ0v) is 12.5. The van der Waals surface area contributed by atoms with Crippen molar-refractivity contribution in [2.45, 2.75) is 6.42 Å². The predicted molar refractivity (Wildman–Crippen MR) is 83.5 cm³/mol. The average molecular weight is 325 g/mol. The summed E-state index contributed by atoms with van der Waals surface area (Å²) in [5.74, 6) is -0.166. The molecular weight excluding hydrogens is 316 g/mol. The van der Waals surface area contributed by atoms with Gasteiger partial charge in [-0.2, -0.15) is 0 Å². The molecule has 0 bridgehead atoms. The fourth-order valence-corrected chi connectivity index (χ4v) is 3.40. The molecule has 0 fully saturated rings. The molecule has 0 aliphatic heterocycles. The van der Waals surface area contributed by atoms with Gasteiger partial charge in [-0.15, -0.1) is 11.3 Å². The molecule has 0 radical (unpaired) electrons. The molecule has 0 aliphatic rings. The number of nitrogen functional groups attached to an aromatic ring is 1. The Bertz CT molecular complexity index is 783.